The van der Waals surface area contributed by atoms with E-state index in [0.717, 1.165) is 6.42 Å². The minimum Gasteiger partial charge on any atom is -0.390 e. The Kier molecular flexibility index (Phi) is 2.58. The highest BCUT2D eigenvalue weighted by Crippen LogP contribution is 2.26. The van der Waals surface area contributed by atoms with Gasteiger partial charge in [-0.15, -0.1) is 0 Å². The summed E-state index contributed by atoms with van der Waals surface area (Å²) >= 11 is 0. The second-order valence-electron chi connectivity index (χ2n) is 4.86. The SMILES string of the molecule is OC(CNC1CC1)C1Cc2ccccc2N1. The fourth-order valence-electron chi connectivity index (χ4n) is 2.28. The van der Waals surface area contributed by atoms with E-state index in [-0.39, 0.29) is 12.1 Å². The molecule has 2 atom stereocenters. The maximum Gasteiger partial charge on any atom is 0.0868 e. The van der Waals surface area contributed by atoms with Gasteiger partial charge in [0.15, 0.2) is 0 Å². The lowest BCUT2D eigenvalue weighted by atomic mass is 10.1. The summed E-state index contributed by atoms with van der Waals surface area (Å²) < 4.78 is 0. The van der Waals surface area contributed by atoms with Crippen molar-refractivity contribution in [3.8, 4) is 0 Å². The smallest absolute Gasteiger partial charge is 0.0868 e. The molecule has 0 radical (unpaired) electrons. The van der Waals surface area contributed by atoms with Crippen LogP contribution in [-0.4, -0.2) is 29.8 Å². The zero-order valence-corrected chi connectivity index (χ0v) is 9.32. The van der Waals surface area contributed by atoms with E-state index in [0.29, 0.717) is 12.6 Å². The standard InChI is InChI=1S/C13H18N2O/c16-13(8-14-10-5-6-10)12-7-9-3-1-2-4-11(9)15-12/h1-4,10,12-16H,5-8H2. The van der Waals surface area contributed by atoms with Crippen LogP contribution in [-0.2, 0) is 6.42 Å². The molecule has 1 aliphatic heterocycles. The molecule has 3 nitrogen and oxygen atoms in total. The first-order chi connectivity index (χ1) is 7.83. The number of hydrogen-bond acceptors (Lipinski definition) is 3. The van der Waals surface area contributed by atoms with Crippen molar-refractivity contribution in [2.24, 2.45) is 0 Å². The molecule has 16 heavy (non-hydrogen) atoms. The van der Waals surface area contributed by atoms with Crippen LogP contribution < -0.4 is 10.6 Å². The quantitative estimate of drug-likeness (QED) is 0.710. The van der Waals surface area contributed by atoms with Crippen LogP contribution in [0.5, 0.6) is 0 Å². The molecule has 3 N–H and O–H groups in total. The molecule has 1 fully saturated rings. The number of fused-ring (bicyclic) bond motifs is 1. The van der Waals surface area contributed by atoms with E-state index < -0.39 is 0 Å². The molecule has 0 bridgehead atoms. The van der Waals surface area contributed by atoms with E-state index in [2.05, 4.69) is 28.8 Å². The van der Waals surface area contributed by atoms with Crippen molar-refractivity contribution in [3.63, 3.8) is 0 Å². The lowest BCUT2D eigenvalue weighted by molar-refractivity contribution is 0.151. The van der Waals surface area contributed by atoms with Crippen molar-refractivity contribution in [1.82, 2.24) is 5.32 Å². The fourth-order valence-corrected chi connectivity index (χ4v) is 2.28. The number of benzene rings is 1. The van der Waals surface area contributed by atoms with Gasteiger partial charge in [-0.3, -0.25) is 0 Å². The number of rotatable bonds is 4. The van der Waals surface area contributed by atoms with E-state index in [1.165, 1.54) is 24.1 Å². The van der Waals surface area contributed by atoms with E-state index in [4.69, 9.17) is 0 Å². The van der Waals surface area contributed by atoms with Gasteiger partial charge in [0.25, 0.3) is 0 Å². The summed E-state index contributed by atoms with van der Waals surface area (Å²) in [5, 5.41) is 16.8. The first kappa shape index (κ1) is 10.1. The average Bonchev–Trinajstić information content (AvgIpc) is 3.02. The number of nitrogens with one attached hydrogen (secondary N) is 2. The van der Waals surface area contributed by atoms with Crippen LogP contribution in [0.2, 0.25) is 0 Å². The summed E-state index contributed by atoms with van der Waals surface area (Å²) in [7, 11) is 0. The first-order valence-electron chi connectivity index (χ1n) is 6.09. The molecule has 0 aromatic heterocycles. The molecule has 2 unspecified atom stereocenters. The fraction of sp³-hybridized carbons (Fsp3) is 0.538. The molecule has 86 valence electrons. The normalized spacial score (nSPS) is 24.9. The summed E-state index contributed by atoms with van der Waals surface area (Å²) in [6.45, 7) is 0.705. The molecule has 1 heterocycles. The number of aliphatic hydroxyl groups excluding tert-OH is 1. The van der Waals surface area contributed by atoms with Gasteiger partial charge in [0.2, 0.25) is 0 Å². The molecule has 0 spiro atoms. The number of hydrogen-bond donors (Lipinski definition) is 3. The molecule has 0 saturated heterocycles. The van der Waals surface area contributed by atoms with Gasteiger partial charge in [-0.2, -0.15) is 0 Å². The lowest BCUT2D eigenvalue weighted by Gasteiger charge is -2.19. The molecular formula is C13H18N2O. The Morgan fingerprint density at radius 3 is 2.94 bits per heavy atom. The maximum atomic E-state index is 10.1. The Hall–Kier alpha value is -1.06. The van der Waals surface area contributed by atoms with Gasteiger partial charge < -0.3 is 15.7 Å². The third-order valence-corrected chi connectivity index (χ3v) is 3.46. The van der Waals surface area contributed by atoms with Crippen LogP contribution in [0.15, 0.2) is 24.3 Å². The van der Waals surface area contributed by atoms with E-state index in [9.17, 15) is 5.11 Å². The van der Waals surface area contributed by atoms with Gasteiger partial charge in [-0.05, 0) is 30.9 Å². The molecule has 0 amide bonds. The predicted molar refractivity (Wildman–Crippen MR) is 64.6 cm³/mol. The second kappa shape index (κ2) is 4.07. The van der Waals surface area contributed by atoms with Gasteiger partial charge in [-0.1, -0.05) is 18.2 Å². The van der Waals surface area contributed by atoms with Crippen LogP contribution in [0.4, 0.5) is 5.69 Å². The van der Waals surface area contributed by atoms with Gasteiger partial charge in [0.1, 0.15) is 0 Å². The second-order valence-corrected chi connectivity index (χ2v) is 4.86. The summed E-state index contributed by atoms with van der Waals surface area (Å²) in [4.78, 5) is 0. The Bertz CT molecular complexity index is 351. The Balaban J connectivity index is 1.57. The highest BCUT2D eigenvalue weighted by molar-refractivity contribution is 5.56. The van der Waals surface area contributed by atoms with Crippen molar-refractivity contribution < 1.29 is 5.11 Å². The third-order valence-electron chi connectivity index (χ3n) is 3.46. The van der Waals surface area contributed by atoms with Gasteiger partial charge in [0, 0.05) is 18.3 Å². The van der Waals surface area contributed by atoms with Gasteiger partial charge in [-0.25, -0.2) is 0 Å². The first-order valence-corrected chi connectivity index (χ1v) is 6.09. The Morgan fingerprint density at radius 2 is 2.19 bits per heavy atom. The minimum absolute atomic E-state index is 0.170. The zero-order valence-electron chi connectivity index (χ0n) is 9.32. The van der Waals surface area contributed by atoms with Gasteiger partial charge in [0.05, 0.1) is 12.1 Å². The van der Waals surface area contributed by atoms with Crippen LogP contribution in [0, 0.1) is 0 Å². The van der Waals surface area contributed by atoms with Crippen molar-refractivity contribution >= 4 is 5.69 Å². The molecule has 2 aliphatic rings. The maximum absolute atomic E-state index is 10.1. The Labute approximate surface area is 95.9 Å². The number of para-hydroxylation sites is 1. The van der Waals surface area contributed by atoms with Crippen molar-refractivity contribution in [2.45, 2.75) is 37.5 Å². The van der Waals surface area contributed by atoms with Gasteiger partial charge >= 0.3 is 0 Å². The van der Waals surface area contributed by atoms with Crippen LogP contribution in [0.1, 0.15) is 18.4 Å². The highest BCUT2D eigenvalue weighted by atomic mass is 16.3. The molecular weight excluding hydrogens is 200 g/mol. The van der Waals surface area contributed by atoms with Crippen molar-refractivity contribution in [1.29, 1.82) is 0 Å². The summed E-state index contributed by atoms with van der Waals surface area (Å²) in [6, 6.07) is 9.13. The summed E-state index contributed by atoms with van der Waals surface area (Å²) in [5.41, 5.74) is 2.50. The van der Waals surface area contributed by atoms with Crippen LogP contribution in [0.3, 0.4) is 0 Å². The largest absolute Gasteiger partial charge is 0.390 e. The monoisotopic (exact) mass is 218 g/mol. The number of anilines is 1. The molecule has 1 aromatic rings. The third kappa shape index (κ3) is 2.06. The Morgan fingerprint density at radius 1 is 1.38 bits per heavy atom. The molecule has 3 heteroatoms. The van der Waals surface area contributed by atoms with E-state index >= 15 is 0 Å². The molecule has 1 saturated carbocycles. The average molecular weight is 218 g/mol. The van der Waals surface area contributed by atoms with E-state index in [1.807, 2.05) is 6.07 Å². The van der Waals surface area contributed by atoms with Crippen molar-refractivity contribution in [3.05, 3.63) is 29.8 Å². The topological polar surface area (TPSA) is 44.3 Å². The van der Waals surface area contributed by atoms with Crippen molar-refractivity contribution in [2.75, 3.05) is 11.9 Å². The molecule has 1 aromatic carbocycles. The summed E-state index contributed by atoms with van der Waals surface area (Å²) in [6.07, 6.45) is 3.17. The number of aliphatic hydroxyl groups is 1. The summed E-state index contributed by atoms with van der Waals surface area (Å²) in [5.74, 6) is 0. The highest BCUT2D eigenvalue weighted by Gasteiger charge is 2.28. The molecule has 1 aliphatic carbocycles. The minimum atomic E-state index is -0.298. The molecule has 3 rings (SSSR count). The van der Waals surface area contributed by atoms with Crippen LogP contribution >= 0.6 is 0 Å². The van der Waals surface area contributed by atoms with E-state index in [1.54, 1.807) is 0 Å². The van der Waals surface area contributed by atoms with Crippen LogP contribution in [0.25, 0.3) is 0 Å². The predicted octanol–water partition coefficient (Wildman–Crippen LogP) is 1.14. The lowest BCUT2D eigenvalue weighted by Crippen LogP contribution is -2.40. The zero-order chi connectivity index (χ0) is 11.0.